The molecule has 86 valence electrons. The number of nitrogens with two attached hydrogens (primary N) is 1. The van der Waals surface area contributed by atoms with Crippen LogP contribution >= 0.6 is 11.6 Å². The van der Waals surface area contributed by atoms with Crippen molar-refractivity contribution in [2.24, 2.45) is 0 Å². The van der Waals surface area contributed by atoms with Gasteiger partial charge in [0.25, 0.3) is 5.91 Å². The summed E-state index contributed by atoms with van der Waals surface area (Å²) in [6.45, 7) is -0.0634. The second-order valence-corrected chi connectivity index (χ2v) is 4.36. The predicted octanol–water partition coefficient (Wildman–Crippen LogP) is 0.572. The number of nitrogens with zero attached hydrogens (tertiary/aromatic N) is 1. The van der Waals surface area contributed by atoms with Gasteiger partial charge in [0.15, 0.2) is 0 Å². The van der Waals surface area contributed by atoms with Crippen LogP contribution in [-0.4, -0.2) is 28.1 Å². The van der Waals surface area contributed by atoms with Crippen molar-refractivity contribution in [3.8, 4) is 0 Å². The molecule has 0 spiro atoms. The molecule has 0 aliphatic heterocycles. The predicted molar refractivity (Wildman–Crippen MR) is 60.2 cm³/mol. The van der Waals surface area contributed by atoms with E-state index in [-0.39, 0.29) is 23.2 Å². The normalized spacial score (nSPS) is 16.9. The molecular formula is C10H12ClN3O2. The summed E-state index contributed by atoms with van der Waals surface area (Å²) < 4.78 is 0. The van der Waals surface area contributed by atoms with Gasteiger partial charge in [0.2, 0.25) is 0 Å². The summed E-state index contributed by atoms with van der Waals surface area (Å²) >= 11 is 5.79. The van der Waals surface area contributed by atoms with Crippen LogP contribution in [0.2, 0.25) is 5.15 Å². The van der Waals surface area contributed by atoms with Crippen LogP contribution in [0.15, 0.2) is 12.3 Å². The number of aromatic nitrogens is 1. The summed E-state index contributed by atoms with van der Waals surface area (Å²) in [5, 5.41) is 11.9. The molecule has 0 unspecified atom stereocenters. The maximum atomic E-state index is 11.8. The van der Waals surface area contributed by atoms with Crippen molar-refractivity contribution in [3.05, 3.63) is 23.0 Å². The number of nitrogen functional groups attached to an aromatic ring is 1. The molecule has 5 nitrogen and oxygen atoms in total. The number of hydrogen-bond donors (Lipinski definition) is 3. The van der Waals surface area contributed by atoms with Gasteiger partial charge in [0.05, 0.1) is 29.6 Å². The third-order valence-electron chi connectivity index (χ3n) is 2.64. The van der Waals surface area contributed by atoms with E-state index >= 15 is 0 Å². The number of aliphatic hydroxyl groups excluding tert-OH is 1. The molecular weight excluding hydrogens is 230 g/mol. The topological polar surface area (TPSA) is 88.2 Å². The Bertz CT molecular complexity index is 432. The average Bonchev–Trinajstić information content (AvgIpc) is 3.02. The van der Waals surface area contributed by atoms with Crippen LogP contribution in [0.3, 0.4) is 0 Å². The fraction of sp³-hybridized carbons (Fsp3) is 0.400. The van der Waals surface area contributed by atoms with Crippen molar-refractivity contribution >= 4 is 23.2 Å². The zero-order valence-electron chi connectivity index (χ0n) is 8.53. The molecule has 1 fully saturated rings. The second-order valence-electron chi connectivity index (χ2n) is 4.00. The largest absolute Gasteiger partial charge is 0.397 e. The maximum Gasteiger partial charge on any atom is 0.254 e. The Morgan fingerprint density at radius 3 is 2.94 bits per heavy atom. The average molecular weight is 242 g/mol. The van der Waals surface area contributed by atoms with E-state index in [9.17, 15) is 4.79 Å². The first-order valence-corrected chi connectivity index (χ1v) is 5.28. The highest BCUT2D eigenvalue weighted by molar-refractivity contribution is 6.32. The number of aliphatic hydroxyl groups is 1. The van der Waals surface area contributed by atoms with Crippen molar-refractivity contribution in [1.82, 2.24) is 10.3 Å². The number of anilines is 1. The Labute approximate surface area is 97.6 Å². The number of pyridine rings is 1. The van der Waals surface area contributed by atoms with Crippen LogP contribution in [0.1, 0.15) is 23.2 Å². The Kier molecular flexibility index (Phi) is 2.73. The van der Waals surface area contributed by atoms with Gasteiger partial charge in [-0.2, -0.15) is 0 Å². The van der Waals surface area contributed by atoms with E-state index in [4.69, 9.17) is 22.4 Å². The second kappa shape index (κ2) is 3.92. The Balaban J connectivity index is 2.17. The molecule has 0 aromatic carbocycles. The van der Waals surface area contributed by atoms with E-state index < -0.39 is 5.54 Å². The van der Waals surface area contributed by atoms with Crippen LogP contribution in [0.4, 0.5) is 5.69 Å². The summed E-state index contributed by atoms with van der Waals surface area (Å²) in [6.07, 6.45) is 2.95. The molecule has 0 saturated heterocycles. The Morgan fingerprint density at radius 2 is 2.38 bits per heavy atom. The molecule has 1 aliphatic rings. The van der Waals surface area contributed by atoms with Gasteiger partial charge in [0.1, 0.15) is 5.15 Å². The fourth-order valence-corrected chi connectivity index (χ4v) is 1.59. The summed E-state index contributed by atoms with van der Waals surface area (Å²) in [5.41, 5.74) is 5.67. The van der Waals surface area contributed by atoms with E-state index in [0.717, 1.165) is 12.8 Å². The number of carbonyl (C=O) groups is 1. The zero-order valence-corrected chi connectivity index (χ0v) is 9.29. The molecule has 1 aromatic rings. The number of halogens is 1. The van der Waals surface area contributed by atoms with Crippen molar-refractivity contribution in [1.29, 1.82) is 0 Å². The molecule has 1 amide bonds. The van der Waals surface area contributed by atoms with E-state index in [1.54, 1.807) is 0 Å². The summed E-state index contributed by atoms with van der Waals surface area (Å²) in [7, 11) is 0. The molecule has 1 saturated carbocycles. The smallest absolute Gasteiger partial charge is 0.254 e. The molecule has 2 rings (SSSR count). The van der Waals surface area contributed by atoms with Crippen LogP contribution in [0.25, 0.3) is 0 Å². The van der Waals surface area contributed by atoms with Gasteiger partial charge in [-0.1, -0.05) is 11.6 Å². The minimum atomic E-state index is -0.467. The van der Waals surface area contributed by atoms with Gasteiger partial charge >= 0.3 is 0 Å². The molecule has 6 heteroatoms. The highest BCUT2D eigenvalue weighted by atomic mass is 35.5. The van der Waals surface area contributed by atoms with Crippen molar-refractivity contribution in [2.45, 2.75) is 18.4 Å². The van der Waals surface area contributed by atoms with Gasteiger partial charge in [0, 0.05) is 0 Å². The lowest BCUT2D eigenvalue weighted by Crippen LogP contribution is -2.39. The highest BCUT2D eigenvalue weighted by Gasteiger charge is 2.43. The number of nitrogens with one attached hydrogen (secondary N) is 1. The quantitative estimate of drug-likeness (QED) is 0.675. The lowest BCUT2D eigenvalue weighted by molar-refractivity contribution is 0.0906. The van der Waals surface area contributed by atoms with Crippen molar-refractivity contribution in [2.75, 3.05) is 12.3 Å². The summed E-state index contributed by atoms with van der Waals surface area (Å²) in [6, 6.07) is 1.47. The van der Waals surface area contributed by atoms with Gasteiger partial charge in [-0.25, -0.2) is 4.98 Å². The molecule has 16 heavy (non-hydrogen) atoms. The first kappa shape index (κ1) is 11.2. The molecule has 0 bridgehead atoms. The Morgan fingerprint density at radius 1 is 1.69 bits per heavy atom. The van der Waals surface area contributed by atoms with E-state index in [1.165, 1.54) is 12.3 Å². The van der Waals surface area contributed by atoms with Crippen LogP contribution in [-0.2, 0) is 0 Å². The first-order valence-electron chi connectivity index (χ1n) is 4.91. The lowest BCUT2D eigenvalue weighted by atomic mass is 10.2. The zero-order chi connectivity index (χ0) is 11.8. The van der Waals surface area contributed by atoms with Gasteiger partial charge in [-0.05, 0) is 18.9 Å². The van der Waals surface area contributed by atoms with Crippen LogP contribution in [0.5, 0.6) is 0 Å². The molecule has 1 heterocycles. The highest BCUT2D eigenvalue weighted by Crippen LogP contribution is 2.35. The van der Waals surface area contributed by atoms with Gasteiger partial charge < -0.3 is 16.2 Å². The van der Waals surface area contributed by atoms with Crippen molar-refractivity contribution < 1.29 is 9.90 Å². The third kappa shape index (κ3) is 2.10. The summed E-state index contributed by atoms with van der Waals surface area (Å²) in [4.78, 5) is 15.6. The monoisotopic (exact) mass is 241 g/mol. The molecule has 4 N–H and O–H groups in total. The third-order valence-corrected chi connectivity index (χ3v) is 2.94. The molecule has 1 aromatic heterocycles. The SMILES string of the molecule is Nc1cnc(Cl)c(C(=O)NC2(CO)CC2)c1. The van der Waals surface area contributed by atoms with Crippen LogP contribution in [0, 0.1) is 0 Å². The number of hydrogen-bond acceptors (Lipinski definition) is 4. The fourth-order valence-electron chi connectivity index (χ4n) is 1.41. The standard InChI is InChI=1S/C10H12ClN3O2/c11-8-7(3-6(12)4-13-8)9(16)14-10(5-15)1-2-10/h3-4,15H,1-2,5,12H2,(H,14,16). The lowest BCUT2D eigenvalue weighted by Gasteiger charge is -2.14. The van der Waals surface area contributed by atoms with Crippen molar-refractivity contribution in [3.63, 3.8) is 0 Å². The van der Waals surface area contributed by atoms with Crippen LogP contribution < -0.4 is 11.1 Å². The molecule has 1 aliphatic carbocycles. The molecule has 0 radical (unpaired) electrons. The first-order chi connectivity index (χ1) is 7.56. The van der Waals surface area contributed by atoms with E-state index in [0.29, 0.717) is 5.69 Å². The summed E-state index contributed by atoms with van der Waals surface area (Å²) in [5.74, 6) is -0.351. The minimum Gasteiger partial charge on any atom is -0.397 e. The maximum absolute atomic E-state index is 11.8. The van der Waals surface area contributed by atoms with Gasteiger partial charge in [-0.15, -0.1) is 0 Å². The number of amides is 1. The van der Waals surface area contributed by atoms with Gasteiger partial charge in [-0.3, -0.25) is 4.79 Å². The minimum absolute atomic E-state index is 0.0634. The number of rotatable bonds is 3. The molecule has 0 atom stereocenters. The Hall–Kier alpha value is -1.33. The van der Waals surface area contributed by atoms with E-state index in [1.807, 2.05) is 0 Å². The van der Waals surface area contributed by atoms with E-state index in [2.05, 4.69) is 10.3 Å². The number of carbonyl (C=O) groups excluding carboxylic acids is 1.